The van der Waals surface area contributed by atoms with E-state index in [1.165, 1.54) is 0 Å². The summed E-state index contributed by atoms with van der Waals surface area (Å²) < 4.78 is 23.6. The lowest BCUT2D eigenvalue weighted by Gasteiger charge is -2.11. The van der Waals surface area contributed by atoms with E-state index in [4.69, 9.17) is 5.73 Å². The molecule has 0 spiro atoms. The highest BCUT2D eigenvalue weighted by Gasteiger charge is 2.10. The maximum absolute atomic E-state index is 11.8. The van der Waals surface area contributed by atoms with E-state index in [1.807, 2.05) is 30.3 Å². The Morgan fingerprint density at radius 3 is 2.53 bits per heavy atom. The standard InChI is InChI=1S/C12H16F2N2O/c13-11(14)8-16-12(17)7-6-10(15)9-4-2-1-3-5-9/h1-5,10-11H,6-8,15H2,(H,16,17). The molecule has 0 bridgehead atoms. The number of hydrogen-bond donors (Lipinski definition) is 2. The molecule has 5 heteroatoms. The zero-order valence-electron chi connectivity index (χ0n) is 9.40. The third kappa shape index (κ3) is 5.40. The van der Waals surface area contributed by atoms with Crippen molar-refractivity contribution in [3.63, 3.8) is 0 Å². The van der Waals surface area contributed by atoms with Crippen LogP contribution < -0.4 is 11.1 Å². The van der Waals surface area contributed by atoms with Crippen molar-refractivity contribution >= 4 is 5.91 Å². The van der Waals surface area contributed by atoms with Gasteiger partial charge in [-0.3, -0.25) is 4.79 Å². The van der Waals surface area contributed by atoms with Gasteiger partial charge in [-0.25, -0.2) is 8.78 Å². The first-order valence-electron chi connectivity index (χ1n) is 5.45. The molecule has 0 saturated heterocycles. The molecular formula is C12H16F2N2O. The van der Waals surface area contributed by atoms with Crippen LogP contribution >= 0.6 is 0 Å². The van der Waals surface area contributed by atoms with E-state index in [0.29, 0.717) is 6.42 Å². The third-order valence-corrected chi connectivity index (χ3v) is 2.36. The Balaban J connectivity index is 2.29. The van der Waals surface area contributed by atoms with Gasteiger partial charge in [0, 0.05) is 12.5 Å². The van der Waals surface area contributed by atoms with Gasteiger partial charge in [-0.2, -0.15) is 0 Å². The molecule has 0 heterocycles. The van der Waals surface area contributed by atoms with Crippen molar-refractivity contribution in [2.75, 3.05) is 6.54 Å². The fourth-order valence-corrected chi connectivity index (χ4v) is 1.43. The fraction of sp³-hybridized carbons (Fsp3) is 0.417. The molecular weight excluding hydrogens is 226 g/mol. The monoisotopic (exact) mass is 242 g/mol. The number of benzene rings is 1. The van der Waals surface area contributed by atoms with Gasteiger partial charge in [0.15, 0.2) is 0 Å². The number of amides is 1. The van der Waals surface area contributed by atoms with Crippen LogP contribution in [0.2, 0.25) is 0 Å². The van der Waals surface area contributed by atoms with Crippen molar-refractivity contribution in [2.45, 2.75) is 25.3 Å². The molecule has 1 aromatic carbocycles. The zero-order valence-corrected chi connectivity index (χ0v) is 9.40. The van der Waals surface area contributed by atoms with Gasteiger partial charge < -0.3 is 11.1 Å². The second-order valence-electron chi connectivity index (χ2n) is 3.75. The molecule has 0 radical (unpaired) electrons. The number of carbonyl (C=O) groups excluding carboxylic acids is 1. The van der Waals surface area contributed by atoms with Crippen LogP contribution in [0.25, 0.3) is 0 Å². The fourth-order valence-electron chi connectivity index (χ4n) is 1.43. The van der Waals surface area contributed by atoms with E-state index in [-0.39, 0.29) is 12.5 Å². The Morgan fingerprint density at radius 2 is 1.94 bits per heavy atom. The van der Waals surface area contributed by atoms with E-state index in [1.54, 1.807) is 0 Å². The zero-order chi connectivity index (χ0) is 12.7. The molecule has 3 N–H and O–H groups in total. The SMILES string of the molecule is NC(CCC(=O)NCC(F)F)c1ccccc1. The molecule has 1 aromatic rings. The lowest BCUT2D eigenvalue weighted by Crippen LogP contribution is -2.29. The first-order valence-corrected chi connectivity index (χ1v) is 5.45. The van der Waals surface area contributed by atoms with Gasteiger partial charge in [0.2, 0.25) is 5.91 Å². The van der Waals surface area contributed by atoms with Gasteiger partial charge in [-0.05, 0) is 12.0 Å². The molecule has 0 aliphatic rings. The molecule has 1 amide bonds. The number of hydrogen-bond acceptors (Lipinski definition) is 2. The summed E-state index contributed by atoms with van der Waals surface area (Å²) in [4.78, 5) is 11.2. The van der Waals surface area contributed by atoms with Crippen LogP contribution in [-0.4, -0.2) is 18.9 Å². The Hall–Kier alpha value is -1.49. The molecule has 0 fully saturated rings. The molecule has 3 nitrogen and oxygen atoms in total. The van der Waals surface area contributed by atoms with Gasteiger partial charge in [-0.1, -0.05) is 30.3 Å². The molecule has 0 aliphatic heterocycles. The van der Waals surface area contributed by atoms with Crippen LogP contribution in [0.15, 0.2) is 30.3 Å². The smallest absolute Gasteiger partial charge is 0.255 e. The number of carbonyl (C=O) groups is 1. The summed E-state index contributed by atoms with van der Waals surface area (Å²) in [7, 11) is 0. The quantitative estimate of drug-likeness (QED) is 0.799. The summed E-state index contributed by atoms with van der Waals surface area (Å²) in [6.45, 7) is -0.598. The second kappa shape index (κ2) is 6.96. The van der Waals surface area contributed by atoms with Crippen LogP contribution in [0.3, 0.4) is 0 Å². The molecule has 0 aliphatic carbocycles. The highest BCUT2D eigenvalue weighted by molar-refractivity contribution is 5.75. The molecule has 0 saturated carbocycles. The average Bonchev–Trinajstić information content (AvgIpc) is 2.34. The maximum atomic E-state index is 11.8. The number of halogens is 2. The van der Waals surface area contributed by atoms with Crippen LogP contribution in [0.5, 0.6) is 0 Å². The van der Waals surface area contributed by atoms with Crippen molar-refractivity contribution in [1.82, 2.24) is 5.32 Å². The summed E-state index contributed by atoms with van der Waals surface area (Å²) in [5.41, 5.74) is 6.81. The second-order valence-corrected chi connectivity index (χ2v) is 3.75. The Bertz CT molecular complexity index is 344. The predicted molar refractivity (Wildman–Crippen MR) is 61.6 cm³/mol. The van der Waals surface area contributed by atoms with Crippen molar-refractivity contribution in [1.29, 1.82) is 0 Å². The van der Waals surface area contributed by atoms with Crippen molar-refractivity contribution in [2.24, 2.45) is 5.73 Å². The van der Waals surface area contributed by atoms with Gasteiger partial charge in [-0.15, -0.1) is 0 Å². The van der Waals surface area contributed by atoms with E-state index in [2.05, 4.69) is 5.32 Å². The van der Waals surface area contributed by atoms with Crippen LogP contribution in [0, 0.1) is 0 Å². The van der Waals surface area contributed by atoms with Gasteiger partial charge in [0.1, 0.15) is 0 Å². The van der Waals surface area contributed by atoms with Crippen LogP contribution in [-0.2, 0) is 4.79 Å². The normalized spacial score (nSPS) is 12.5. The van der Waals surface area contributed by atoms with Crippen molar-refractivity contribution in [3.8, 4) is 0 Å². The minimum atomic E-state index is -2.51. The third-order valence-electron chi connectivity index (χ3n) is 2.36. The number of nitrogens with two attached hydrogens (primary N) is 1. The Morgan fingerprint density at radius 1 is 1.29 bits per heavy atom. The first-order chi connectivity index (χ1) is 8.09. The lowest BCUT2D eigenvalue weighted by atomic mass is 10.0. The van der Waals surface area contributed by atoms with Crippen molar-refractivity contribution < 1.29 is 13.6 Å². The summed E-state index contributed by atoms with van der Waals surface area (Å²) in [5, 5.41) is 2.14. The van der Waals surface area contributed by atoms with Gasteiger partial charge >= 0.3 is 0 Å². The lowest BCUT2D eigenvalue weighted by molar-refractivity contribution is -0.121. The van der Waals surface area contributed by atoms with E-state index in [0.717, 1.165) is 5.56 Å². The van der Waals surface area contributed by atoms with E-state index < -0.39 is 18.9 Å². The van der Waals surface area contributed by atoms with Gasteiger partial charge in [0.05, 0.1) is 6.54 Å². The summed E-state index contributed by atoms with van der Waals surface area (Å²) in [6, 6.07) is 9.13. The Labute approximate surface area is 99.0 Å². The maximum Gasteiger partial charge on any atom is 0.255 e. The van der Waals surface area contributed by atoms with Crippen molar-refractivity contribution in [3.05, 3.63) is 35.9 Å². The van der Waals surface area contributed by atoms with E-state index >= 15 is 0 Å². The Kier molecular flexibility index (Phi) is 5.56. The minimum Gasteiger partial charge on any atom is -0.350 e. The highest BCUT2D eigenvalue weighted by atomic mass is 19.3. The minimum absolute atomic E-state index is 0.156. The largest absolute Gasteiger partial charge is 0.350 e. The molecule has 94 valence electrons. The predicted octanol–water partition coefficient (Wildman–Crippen LogP) is 1.85. The number of rotatable bonds is 6. The van der Waals surface area contributed by atoms with E-state index in [9.17, 15) is 13.6 Å². The summed E-state index contributed by atoms with van der Waals surface area (Å²) in [5.74, 6) is -0.392. The summed E-state index contributed by atoms with van der Waals surface area (Å²) >= 11 is 0. The molecule has 0 aromatic heterocycles. The average molecular weight is 242 g/mol. The number of nitrogens with one attached hydrogen (secondary N) is 1. The molecule has 1 rings (SSSR count). The highest BCUT2D eigenvalue weighted by Crippen LogP contribution is 2.14. The molecule has 1 atom stereocenters. The van der Waals surface area contributed by atoms with Crippen LogP contribution in [0.1, 0.15) is 24.4 Å². The van der Waals surface area contributed by atoms with Gasteiger partial charge in [0.25, 0.3) is 6.43 Å². The molecule has 1 unspecified atom stereocenters. The number of alkyl halides is 2. The molecule has 17 heavy (non-hydrogen) atoms. The van der Waals surface area contributed by atoms with Crippen LogP contribution in [0.4, 0.5) is 8.78 Å². The summed E-state index contributed by atoms with van der Waals surface area (Å²) in [6.07, 6.45) is -1.91. The first kappa shape index (κ1) is 13.6. The topological polar surface area (TPSA) is 55.1 Å².